The molecule has 1 heterocycles. The van der Waals surface area contributed by atoms with Gasteiger partial charge in [0.1, 0.15) is 6.10 Å². The van der Waals surface area contributed by atoms with Crippen LogP contribution in [0.5, 0.6) is 0 Å². The summed E-state index contributed by atoms with van der Waals surface area (Å²) >= 11 is 0. The van der Waals surface area contributed by atoms with Gasteiger partial charge in [-0.1, -0.05) is 70.2 Å². The van der Waals surface area contributed by atoms with Crippen LogP contribution in [0, 0.1) is 29.1 Å². The third-order valence-corrected chi connectivity index (χ3v) is 6.60. The summed E-state index contributed by atoms with van der Waals surface area (Å²) in [6.45, 7) is 8.26. The predicted octanol–water partition coefficient (Wildman–Crippen LogP) is 3.64. The quantitative estimate of drug-likeness (QED) is 0.154. The van der Waals surface area contributed by atoms with Gasteiger partial charge in [0.2, 0.25) is 11.8 Å². The number of nitrogens with one attached hydrogen (secondary N) is 2. The lowest BCUT2D eigenvalue weighted by Crippen LogP contribution is -2.56. The van der Waals surface area contributed by atoms with Crippen LogP contribution in [0.25, 0.3) is 6.08 Å². The first-order valence-corrected chi connectivity index (χ1v) is 12.5. The third kappa shape index (κ3) is 7.46. The lowest BCUT2D eigenvalue weighted by molar-refractivity contribution is -0.157. The zero-order chi connectivity index (χ0) is 26.0. The Hall–Kier alpha value is -2.55. The van der Waals surface area contributed by atoms with E-state index in [0.717, 1.165) is 18.4 Å². The van der Waals surface area contributed by atoms with Crippen molar-refractivity contribution in [3.8, 4) is 0 Å². The van der Waals surface area contributed by atoms with Gasteiger partial charge in [0, 0.05) is 6.61 Å². The largest absolute Gasteiger partial charge is 0.370 e. The molecule has 1 aliphatic heterocycles. The van der Waals surface area contributed by atoms with Crippen molar-refractivity contribution in [2.24, 2.45) is 34.9 Å². The summed E-state index contributed by atoms with van der Waals surface area (Å²) < 4.78 is 5.89. The first-order chi connectivity index (χ1) is 16.7. The third-order valence-electron chi connectivity index (χ3n) is 6.60. The van der Waals surface area contributed by atoms with Crippen molar-refractivity contribution in [2.45, 2.75) is 65.9 Å². The molecule has 0 bridgehead atoms. The van der Waals surface area contributed by atoms with Crippen molar-refractivity contribution >= 4 is 23.7 Å². The number of amides is 2. The number of hydrazine groups is 1. The number of benzene rings is 1. The van der Waals surface area contributed by atoms with Gasteiger partial charge in [-0.15, -0.1) is 0 Å². The fourth-order valence-corrected chi connectivity index (χ4v) is 5.22. The molecule has 1 saturated heterocycles. The average molecular weight is 488 g/mol. The number of hydroxylamine groups is 1. The summed E-state index contributed by atoms with van der Waals surface area (Å²) in [7, 11) is 0. The second-order valence-corrected chi connectivity index (χ2v) is 10.3. The lowest BCUT2D eigenvalue weighted by atomic mass is 9.60. The van der Waals surface area contributed by atoms with E-state index in [0.29, 0.717) is 25.9 Å². The Labute approximate surface area is 208 Å². The van der Waals surface area contributed by atoms with Crippen LogP contribution in [-0.4, -0.2) is 35.5 Å². The van der Waals surface area contributed by atoms with Crippen LogP contribution in [-0.2, 0) is 19.1 Å². The summed E-state index contributed by atoms with van der Waals surface area (Å²) in [6.07, 6.45) is 5.71. The van der Waals surface area contributed by atoms with E-state index in [9.17, 15) is 19.6 Å². The summed E-state index contributed by atoms with van der Waals surface area (Å²) in [4.78, 5) is 40.8. The second kappa shape index (κ2) is 13.5. The van der Waals surface area contributed by atoms with Crippen molar-refractivity contribution in [1.82, 2.24) is 10.9 Å². The molecule has 0 saturated carbocycles. The fourth-order valence-electron chi connectivity index (χ4n) is 5.22. The molecular formula is C27H41N3O5. The maximum Gasteiger partial charge on any atom is 0.248 e. The Morgan fingerprint density at radius 1 is 1.11 bits per heavy atom. The van der Waals surface area contributed by atoms with Gasteiger partial charge < -0.3 is 4.74 Å². The molecule has 2 rings (SSSR count). The molecule has 1 aromatic carbocycles. The lowest BCUT2D eigenvalue weighted by Gasteiger charge is -2.43. The van der Waals surface area contributed by atoms with Gasteiger partial charge >= 0.3 is 0 Å². The number of Topliss-reactive ketones (excluding diaryl/α,β-unsaturated/α-hetero) is 1. The standard InChI is InChI=1S/C27H41N3O5/c1-18(2)16-21(25(32)29-28)23(26(33)30-34)27(17-19(3)4,14-13-20-10-6-5-7-11-20)24(31)22-12-8-9-15-35-22/h5-7,10-11,13-14,18-19,21-23,34H,8-9,12,15-17,28H2,1-4H3,(H,29,32)(H,30,33)/b14-13+/t21-,22?,23-,27?/m1/s1. The van der Waals surface area contributed by atoms with Gasteiger partial charge in [0.05, 0.1) is 17.3 Å². The summed E-state index contributed by atoms with van der Waals surface area (Å²) in [5.74, 6) is 1.84. The number of ether oxygens (including phenoxy) is 1. The number of nitrogens with two attached hydrogens (primary N) is 1. The number of rotatable bonds is 12. The molecule has 1 aliphatic rings. The minimum atomic E-state index is -1.41. The summed E-state index contributed by atoms with van der Waals surface area (Å²) in [6, 6.07) is 9.47. The highest BCUT2D eigenvalue weighted by Gasteiger charge is 2.54. The molecule has 8 heteroatoms. The van der Waals surface area contributed by atoms with Crippen molar-refractivity contribution in [2.75, 3.05) is 6.61 Å². The van der Waals surface area contributed by atoms with Crippen LogP contribution in [0.15, 0.2) is 36.4 Å². The zero-order valence-electron chi connectivity index (χ0n) is 21.3. The SMILES string of the molecule is CC(C)C[C@@H](C(=O)NN)[C@H](C(=O)NO)C(/C=C/c1ccccc1)(CC(C)C)C(=O)C1CCCCO1. The molecule has 4 atom stereocenters. The Balaban J connectivity index is 2.79. The van der Waals surface area contributed by atoms with E-state index in [1.807, 2.05) is 64.1 Å². The van der Waals surface area contributed by atoms with E-state index in [-0.39, 0.29) is 17.6 Å². The monoisotopic (exact) mass is 487 g/mol. The molecule has 35 heavy (non-hydrogen) atoms. The van der Waals surface area contributed by atoms with Crippen molar-refractivity contribution < 1.29 is 24.3 Å². The van der Waals surface area contributed by atoms with Crippen LogP contribution in [0.2, 0.25) is 0 Å². The van der Waals surface area contributed by atoms with E-state index >= 15 is 0 Å². The van der Waals surface area contributed by atoms with Crippen molar-refractivity contribution in [3.05, 3.63) is 42.0 Å². The molecular weight excluding hydrogens is 446 g/mol. The van der Waals surface area contributed by atoms with Crippen LogP contribution in [0.1, 0.15) is 65.4 Å². The fraction of sp³-hybridized carbons (Fsp3) is 0.593. The number of ketones is 1. The van der Waals surface area contributed by atoms with Crippen LogP contribution in [0.4, 0.5) is 0 Å². The topological polar surface area (TPSA) is 131 Å². The summed E-state index contributed by atoms with van der Waals surface area (Å²) in [5, 5.41) is 9.79. The van der Waals surface area contributed by atoms with Crippen LogP contribution < -0.4 is 16.7 Å². The molecule has 5 N–H and O–H groups in total. The second-order valence-electron chi connectivity index (χ2n) is 10.3. The van der Waals surface area contributed by atoms with E-state index in [1.165, 1.54) is 0 Å². The van der Waals surface area contributed by atoms with Crippen molar-refractivity contribution in [1.29, 1.82) is 0 Å². The van der Waals surface area contributed by atoms with Gasteiger partial charge in [-0.3, -0.25) is 25.0 Å². The molecule has 0 aromatic heterocycles. The smallest absolute Gasteiger partial charge is 0.248 e. The van der Waals surface area contributed by atoms with E-state index in [4.69, 9.17) is 10.6 Å². The number of hydrogen-bond acceptors (Lipinski definition) is 6. The van der Waals surface area contributed by atoms with Gasteiger partial charge in [-0.25, -0.2) is 11.3 Å². The van der Waals surface area contributed by atoms with Gasteiger partial charge in [-0.2, -0.15) is 0 Å². The van der Waals surface area contributed by atoms with Gasteiger partial charge in [-0.05, 0) is 49.5 Å². The van der Waals surface area contributed by atoms with Gasteiger partial charge in [0.15, 0.2) is 5.78 Å². The maximum absolute atomic E-state index is 14.3. The van der Waals surface area contributed by atoms with Crippen LogP contribution in [0.3, 0.4) is 0 Å². The van der Waals surface area contributed by atoms with E-state index in [1.54, 1.807) is 11.6 Å². The Bertz CT molecular complexity index is 865. The van der Waals surface area contributed by atoms with Crippen molar-refractivity contribution in [3.63, 3.8) is 0 Å². The summed E-state index contributed by atoms with van der Waals surface area (Å²) in [5.41, 5.74) is 3.37. The minimum Gasteiger partial charge on any atom is -0.370 e. The minimum absolute atomic E-state index is 0.00223. The Morgan fingerprint density at radius 2 is 1.80 bits per heavy atom. The van der Waals surface area contributed by atoms with E-state index in [2.05, 4.69) is 5.43 Å². The van der Waals surface area contributed by atoms with E-state index < -0.39 is 35.2 Å². The maximum atomic E-state index is 14.3. The highest BCUT2D eigenvalue weighted by atomic mass is 16.5. The van der Waals surface area contributed by atoms with Crippen LogP contribution >= 0.6 is 0 Å². The molecule has 1 aromatic rings. The molecule has 2 unspecified atom stereocenters. The molecule has 8 nitrogen and oxygen atoms in total. The highest BCUT2D eigenvalue weighted by molar-refractivity contribution is 5.99. The molecule has 194 valence electrons. The predicted molar refractivity (Wildman–Crippen MR) is 135 cm³/mol. The zero-order valence-corrected chi connectivity index (χ0v) is 21.3. The van der Waals surface area contributed by atoms with Gasteiger partial charge in [0.25, 0.3) is 0 Å². The molecule has 0 aliphatic carbocycles. The Kier molecular flexibility index (Phi) is 11.1. The number of hydrogen-bond donors (Lipinski definition) is 4. The molecule has 2 amide bonds. The number of carbonyl (C=O) groups excluding carboxylic acids is 3. The average Bonchev–Trinajstić information content (AvgIpc) is 2.86. The molecule has 0 spiro atoms. The normalized spacial score (nSPS) is 19.8. The Morgan fingerprint density at radius 3 is 2.31 bits per heavy atom. The first-order valence-electron chi connectivity index (χ1n) is 12.5. The number of allylic oxidation sites excluding steroid dienone is 1. The first kappa shape index (κ1) is 28.7. The molecule has 1 fully saturated rings. The molecule has 0 radical (unpaired) electrons. The number of carbonyl (C=O) groups is 3. The highest BCUT2D eigenvalue weighted by Crippen LogP contribution is 2.46.